The Balaban J connectivity index is 0.000000810. The summed E-state index contributed by atoms with van der Waals surface area (Å²) in [4.78, 5) is 4.07. The third-order valence-electron chi connectivity index (χ3n) is 0.944. The minimum atomic E-state index is 0. The van der Waals surface area contributed by atoms with E-state index in [-0.39, 0.29) is 12.4 Å². The van der Waals surface area contributed by atoms with Gasteiger partial charge in [-0.2, -0.15) is 0 Å². The summed E-state index contributed by atoms with van der Waals surface area (Å²) in [5.41, 5.74) is 7.17. The topological polar surface area (TPSA) is 38.9 Å². The van der Waals surface area contributed by atoms with Crippen LogP contribution in [0.3, 0.4) is 0 Å². The summed E-state index contributed by atoms with van der Waals surface area (Å²) >= 11 is 3.22. The summed E-state index contributed by atoms with van der Waals surface area (Å²) in [6.45, 7) is 1.90. The number of pyridine rings is 1. The Kier molecular flexibility index (Phi) is 3.68. The molecule has 0 atom stereocenters. The molecule has 56 valence electrons. The maximum Gasteiger partial charge on any atom is 0.108 e. The summed E-state index contributed by atoms with van der Waals surface area (Å²) in [6.07, 6.45) is 0. The lowest BCUT2D eigenvalue weighted by Crippen LogP contribution is -1.88. The molecule has 0 aromatic carbocycles. The Hall–Kier alpha value is -0.280. The molecule has 1 aromatic rings. The van der Waals surface area contributed by atoms with Crippen molar-refractivity contribution in [1.29, 1.82) is 0 Å². The molecule has 10 heavy (non-hydrogen) atoms. The van der Waals surface area contributed by atoms with Gasteiger partial charge in [0.05, 0.1) is 0 Å². The molecular formula is C6H8BrClN2. The van der Waals surface area contributed by atoms with Crippen molar-refractivity contribution < 1.29 is 0 Å². The third kappa shape index (κ3) is 2.54. The SMILES string of the molecule is Cc1cc(N)cc(Br)n1.Cl. The second-order valence-electron chi connectivity index (χ2n) is 1.86. The first-order valence-corrected chi connectivity index (χ1v) is 3.37. The normalized spacial score (nSPS) is 8.60. The first-order valence-electron chi connectivity index (χ1n) is 2.58. The number of nitrogens with zero attached hydrogens (tertiary/aromatic N) is 1. The zero-order valence-corrected chi connectivity index (χ0v) is 7.87. The van der Waals surface area contributed by atoms with Crippen molar-refractivity contribution in [2.75, 3.05) is 5.73 Å². The van der Waals surface area contributed by atoms with Gasteiger partial charge in [0.2, 0.25) is 0 Å². The molecule has 2 nitrogen and oxygen atoms in total. The number of nitrogen functional groups attached to an aromatic ring is 1. The van der Waals surface area contributed by atoms with Gasteiger partial charge >= 0.3 is 0 Å². The number of rotatable bonds is 0. The summed E-state index contributed by atoms with van der Waals surface area (Å²) in [5.74, 6) is 0. The van der Waals surface area contributed by atoms with Gasteiger partial charge < -0.3 is 5.73 Å². The average molecular weight is 224 g/mol. The van der Waals surface area contributed by atoms with Gasteiger partial charge in [-0.25, -0.2) is 4.98 Å². The molecular weight excluding hydrogens is 215 g/mol. The van der Waals surface area contributed by atoms with Crippen LogP contribution in [0, 0.1) is 6.92 Å². The van der Waals surface area contributed by atoms with Gasteiger partial charge in [0, 0.05) is 11.4 Å². The largest absolute Gasteiger partial charge is 0.399 e. The van der Waals surface area contributed by atoms with Gasteiger partial charge in [-0.1, -0.05) is 0 Å². The van der Waals surface area contributed by atoms with E-state index in [9.17, 15) is 0 Å². The Morgan fingerprint density at radius 1 is 1.50 bits per heavy atom. The van der Waals surface area contributed by atoms with Crippen molar-refractivity contribution >= 4 is 34.0 Å². The number of nitrogens with two attached hydrogens (primary N) is 1. The highest BCUT2D eigenvalue weighted by Gasteiger charge is 1.90. The van der Waals surface area contributed by atoms with E-state index >= 15 is 0 Å². The fraction of sp³-hybridized carbons (Fsp3) is 0.167. The number of anilines is 1. The first-order chi connectivity index (χ1) is 4.18. The fourth-order valence-electron chi connectivity index (χ4n) is 0.653. The molecule has 0 radical (unpaired) electrons. The molecule has 4 heteroatoms. The van der Waals surface area contributed by atoms with Gasteiger partial charge in [0.1, 0.15) is 4.60 Å². The number of aromatic nitrogens is 1. The predicted octanol–water partition coefficient (Wildman–Crippen LogP) is 2.16. The molecule has 0 spiro atoms. The first kappa shape index (κ1) is 9.72. The van der Waals surface area contributed by atoms with E-state index in [4.69, 9.17) is 5.73 Å². The zero-order chi connectivity index (χ0) is 6.85. The van der Waals surface area contributed by atoms with Gasteiger partial charge in [-0.3, -0.25) is 0 Å². The van der Waals surface area contributed by atoms with E-state index in [0.717, 1.165) is 16.0 Å². The maximum atomic E-state index is 5.49. The second-order valence-corrected chi connectivity index (χ2v) is 2.68. The average Bonchev–Trinajstić information content (AvgIpc) is 1.59. The molecule has 0 amide bonds. The van der Waals surface area contributed by atoms with Crippen molar-refractivity contribution in [3.63, 3.8) is 0 Å². The number of hydrogen-bond acceptors (Lipinski definition) is 2. The minimum absolute atomic E-state index is 0. The summed E-state index contributed by atoms with van der Waals surface area (Å²) in [6, 6.07) is 3.60. The Labute approximate surface area is 74.4 Å². The fourth-order valence-corrected chi connectivity index (χ4v) is 1.20. The van der Waals surface area contributed by atoms with Crippen molar-refractivity contribution in [2.24, 2.45) is 0 Å². The standard InChI is InChI=1S/C6H7BrN2.ClH/c1-4-2-5(8)3-6(7)9-4;/h2-3H,1H3,(H2,8,9);1H. The van der Waals surface area contributed by atoms with E-state index in [0.29, 0.717) is 0 Å². The maximum absolute atomic E-state index is 5.49. The number of aryl methyl sites for hydroxylation is 1. The predicted molar refractivity (Wildman–Crippen MR) is 48.3 cm³/mol. The van der Waals surface area contributed by atoms with Crippen LogP contribution in [0.15, 0.2) is 16.7 Å². The van der Waals surface area contributed by atoms with Gasteiger partial charge in [-0.05, 0) is 35.0 Å². The molecule has 0 aliphatic rings. The van der Waals surface area contributed by atoms with Gasteiger partial charge in [-0.15, -0.1) is 12.4 Å². The highest BCUT2D eigenvalue weighted by molar-refractivity contribution is 9.10. The van der Waals surface area contributed by atoms with Crippen LogP contribution in [0.2, 0.25) is 0 Å². The number of halogens is 2. The van der Waals surface area contributed by atoms with E-state index in [1.165, 1.54) is 0 Å². The Morgan fingerprint density at radius 3 is 2.50 bits per heavy atom. The van der Waals surface area contributed by atoms with Crippen molar-refractivity contribution in [1.82, 2.24) is 4.98 Å². The molecule has 1 aromatic heterocycles. The lowest BCUT2D eigenvalue weighted by Gasteiger charge is -1.94. The summed E-state index contributed by atoms with van der Waals surface area (Å²) in [5, 5.41) is 0. The Morgan fingerprint density at radius 2 is 2.10 bits per heavy atom. The van der Waals surface area contributed by atoms with Crippen molar-refractivity contribution in [2.45, 2.75) is 6.92 Å². The van der Waals surface area contributed by atoms with Crippen LogP contribution in [-0.2, 0) is 0 Å². The van der Waals surface area contributed by atoms with Crippen molar-refractivity contribution in [3.05, 3.63) is 22.4 Å². The van der Waals surface area contributed by atoms with Crippen LogP contribution in [0.1, 0.15) is 5.69 Å². The molecule has 0 aliphatic carbocycles. The molecule has 0 fully saturated rings. The van der Waals surface area contributed by atoms with Crippen LogP contribution in [0.4, 0.5) is 5.69 Å². The highest BCUT2D eigenvalue weighted by Crippen LogP contribution is 2.11. The molecule has 0 saturated heterocycles. The van der Waals surface area contributed by atoms with Crippen LogP contribution in [0.25, 0.3) is 0 Å². The van der Waals surface area contributed by atoms with Gasteiger partial charge in [0.25, 0.3) is 0 Å². The molecule has 0 bridgehead atoms. The lowest BCUT2D eigenvalue weighted by atomic mass is 10.3. The monoisotopic (exact) mass is 222 g/mol. The lowest BCUT2D eigenvalue weighted by molar-refractivity contribution is 1.17. The summed E-state index contributed by atoms with van der Waals surface area (Å²) < 4.78 is 0.792. The molecule has 1 heterocycles. The summed E-state index contributed by atoms with van der Waals surface area (Å²) in [7, 11) is 0. The minimum Gasteiger partial charge on any atom is -0.399 e. The molecule has 0 unspecified atom stereocenters. The molecule has 0 saturated carbocycles. The zero-order valence-electron chi connectivity index (χ0n) is 5.47. The van der Waals surface area contributed by atoms with E-state index < -0.39 is 0 Å². The quantitative estimate of drug-likeness (QED) is 0.685. The van der Waals surface area contributed by atoms with Crippen LogP contribution in [0.5, 0.6) is 0 Å². The number of hydrogen-bond donors (Lipinski definition) is 1. The van der Waals surface area contributed by atoms with Crippen LogP contribution < -0.4 is 5.73 Å². The van der Waals surface area contributed by atoms with Crippen LogP contribution >= 0.6 is 28.3 Å². The Bertz CT molecular complexity index is 177. The third-order valence-corrected chi connectivity index (χ3v) is 1.35. The smallest absolute Gasteiger partial charge is 0.108 e. The van der Waals surface area contributed by atoms with E-state index in [1.54, 1.807) is 6.07 Å². The molecule has 0 aliphatic heterocycles. The highest BCUT2D eigenvalue weighted by atomic mass is 79.9. The molecule has 1 rings (SSSR count). The molecule has 2 N–H and O–H groups in total. The van der Waals surface area contributed by atoms with Crippen LogP contribution in [-0.4, -0.2) is 4.98 Å². The van der Waals surface area contributed by atoms with Crippen molar-refractivity contribution in [3.8, 4) is 0 Å². The van der Waals surface area contributed by atoms with E-state index in [2.05, 4.69) is 20.9 Å². The van der Waals surface area contributed by atoms with E-state index in [1.807, 2.05) is 13.0 Å². The second kappa shape index (κ2) is 3.78. The van der Waals surface area contributed by atoms with Gasteiger partial charge in [0.15, 0.2) is 0 Å².